The first-order chi connectivity index (χ1) is 12.6. The van der Waals surface area contributed by atoms with Gasteiger partial charge in [-0.3, -0.25) is 9.78 Å². The molecule has 0 aliphatic heterocycles. The number of hydrogen-bond acceptors (Lipinski definition) is 5. The van der Waals surface area contributed by atoms with E-state index in [1.54, 1.807) is 6.20 Å². The van der Waals surface area contributed by atoms with Crippen LogP contribution in [0.2, 0.25) is 0 Å². The fraction of sp³-hybridized carbons (Fsp3) is 0.176. The molecular weight excluding hydrogens is 360 g/mol. The maximum absolute atomic E-state index is 13.6. The Kier molecular flexibility index (Phi) is 5.57. The lowest BCUT2D eigenvalue weighted by Crippen LogP contribution is -2.15. The van der Waals surface area contributed by atoms with Crippen LogP contribution in [0.5, 0.6) is 0 Å². The molecule has 0 spiro atoms. The monoisotopic (exact) mass is 375 g/mol. The summed E-state index contributed by atoms with van der Waals surface area (Å²) in [6, 6.07) is 8.48. The normalized spacial score (nSPS) is 10.7. The first kappa shape index (κ1) is 18.0. The summed E-state index contributed by atoms with van der Waals surface area (Å²) in [4.78, 5) is 16.3. The molecule has 1 amide bonds. The number of benzene rings is 1. The fourth-order valence-corrected chi connectivity index (χ4v) is 3.07. The van der Waals surface area contributed by atoms with Crippen molar-refractivity contribution in [1.29, 1.82) is 0 Å². The molecule has 0 radical (unpaired) electrons. The average Bonchev–Trinajstić information content (AvgIpc) is 3.06. The van der Waals surface area contributed by atoms with Crippen LogP contribution in [0, 0.1) is 11.6 Å². The van der Waals surface area contributed by atoms with Crippen LogP contribution < -0.4 is 5.32 Å². The Morgan fingerprint density at radius 1 is 1.23 bits per heavy atom. The van der Waals surface area contributed by atoms with Gasteiger partial charge in [0.25, 0.3) is 0 Å². The van der Waals surface area contributed by atoms with E-state index in [1.165, 1.54) is 17.8 Å². The van der Waals surface area contributed by atoms with Gasteiger partial charge in [-0.15, -0.1) is 10.2 Å². The molecular formula is C17H15F2N5OS. The summed E-state index contributed by atoms with van der Waals surface area (Å²) in [7, 11) is 0. The van der Waals surface area contributed by atoms with Crippen LogP contribution in [-0.2, 0) is 11.3 Å². The zero-order chi connectivity index (χ0) is 18.5. The topological polar surface area (TPSA) is 72.7 Å². The van der Waals surface area contributed by atoms with E-state index in [0.717, 1.165) is 12.1 Å². The van der Waals surface area contributed by atoms with E-state index >= 15 is 0 Å². The number of thioether (sulfide) groups is 1. The quantitative estimate of drug-likeness (QED) is 0.669. The zero-order valence-corrected chi connectivity index (χ0v) is 14.6. The summed E-state index contributed by atoms with van der Waals surface area (Å²) < 4.78 is 28.3. The van der Waals surface area contributed by atoms with Crippen LogP contribution in [0.15, 0.2) is 47.8 Å². The van der Waals surface area contributed by atoms with Crippen LogP contribution in [0.1, 0.15) is 6.92 Å². The maximum atomic E-state index is 13.6. The highest BCUT2D eigenvalue weighted by molar-refractivity contribution is 7.99. The second-order valence-electron chi connectivity index (χ2n) is 5.23. The highest BCUT2D eigenvalue weighted by Crippen LogP contribution is 2.23. The number of nitrogens with zero attached hydrogens (tertiary/aromatic N) is 4. The van der Waals surface area contributed by atoms with E-state index in [4.69, 9.17) is 0 Å². The van der Waals surface area contributed by atoms with Crippen molar-refractivity contribution in [3.8, 4) is 11.5 Å². The van der Waals surface area contributed by atoms with Gasteiger partial charge in [0, 0.05) is 18.8 Å². The van der Waals surface area contributed by atoms with E-state index in [9.17, 15) is 13.6 Å². The molecule has 0 atom stereocenters. The number of amides is 1. The molecule has 0 unspecified atom stereocenters. The lowest BCUT2D eigenvalue weighted by atomic mass is 10.3. The highest BCUT2D eigenvalue weighted by atomic mass is 32.2. The molecule has 2 heterocycles. The minimum absolute atomic E-state index is 0.0111. The number of pyridine rings is 1. The van der Waals surface area contributed by atoms with Crippen LogP contribution in [-0.4, -0.2) is 31.4 Å². The molecule has 1 aromatic carbocycles. The third-order valence-corrected chi connectivity index (χ3v) is 4.43. The lowest BCUT2D eigenvalue weighted by Gasteiger charge is -2.08. The van der Waals surface area contributed by atoms with Gasteiger partial charge in [-0.05, 0) is 31.2 Å². The molecule has 134 valence electrons. The lowest BCUT2D eigenvalue weighted by molar-refractivity contribution is -0.113. The van der Waals surface area contributed by atoms with E-state index in [-0.39, 0.29) is 11.4 Å². The second kappa shape index (κ2) is 8.05. The van der Waals surface area contributed by atoms with E-state index < -0.39 is 17.5 Å². The minimum atomic E-state index is -0.822. The number of halogens is 2. The Labute approximate surface area is 152 Å². The SMILES string of the molecule is CCn1c(SCC(=O)Nc2ccc(F)cc2F)nnc1-c1ccccn1. The van der Waals surface area contributed by atoms with Gasteiger partial charge in [-0.2, -0.15) is 0 Å². The molecule has 2 aromatic heterocycles. The second-order valence-corrected chi connectivity index (χ2v) is 6.17. The smallest absolute Gasteiger partial charge is 0.234 e. The fourth-order valence-electron chi connectivity index (χ4n) is 2.27. The van der Waals surface area contributed by atoms with E-state index in [0.29, 0.717) is 23.2 Å². The summed E-state index contributed by atoms with van der Waals surface area (Å²) >= 11 is 1.18. The molecule has 3 aromatic rings. The molecule has 26 heavy (non-hydrogen) atoms. The predicted octanol–water partition coefficient (Wildman–Crippen LogP) is 3.37. The summed E-state index contributed by atoms with van der Waals surface area (Å²) in [6.45, 7) is 2.54. The van der Waals surface area contributed by atoms with Crippen LogP contribution in [0.3, 0.4) is 0 Å². The molecule has 0 bridgehead atoms. The van der Waals surface area contributed by atoms with Gasteiger partial charge >= 0.3 is 0 Å². The number of carbonyl (C=O) groups excluding carboxylic acids is 1. The van der Waals surface area contributed by atoms with Crippen molar-refractivity contribution in [1.82, 2.24) is 19.7 Å². The van der Waals surface area contributed by atoms with Crippen molar-refractivity contribution in [3.63, 3.8) is 0 Å². The van der Waals surface area contributed by atoms with Gasteiger partial charge in [-0.1, -0.05) is 17.8 Å². The number of aromatic nitrogens is 4. The first-order valence-corrected chi connectivity index (χ1v) is 8.79. The Balaban J connectivity index is 1.68. The van der Waals surface area contributed by atoms with E-state index in [1.807, 2.05) is 29.7 Å². The van der Waals surface area contributed by atoms with Gasteiger partial charge < -0.3 is 9.88 Å². The first-order valence-electron chi connectivity index (χ1n) is 7.80. The standard InChI is InChI=1S/C17H15F2N5OS/c1-2-24-16(14-5-3-4-8-20-14)22-23-17(24)26-10-15(25)21-13-7-6-11(18)9-12(13)19/h3-9H,2,10H2,1H3,(H,21,25). The van der Waals surface area contributed by atoms with Gasteiger partial charge in [-0.25, -0.2) is 8.78 Å². The number of carbonyl (C=O) groups is 1. The van der Waals surface area contributed by atoms with Crippen LogP contribution in [0.4, 0.5) is 14.5 Å². The summed E-state index contributed by atoms with van der Waals surface area (Å²) in [5.41, 5.74) is 0.620. The Morgan fingerprint density at radius 3 is 2.77 bits per heavy atom. The zero-order valence-electron chi connectivity index (χ0n) is 13.8. The van der Waals surface area contributed by atoms with Gasteiger partial charge in [0.1, 0.15) is 17.3 Å². The highest BCUT2D eigenvalue weighted by Gasteiger charge is 2.16. The molecule has 0 fully saturated rings. The molecule has 0 saturated heterocycles. The summed E-state index contributed by atoms with van der Waals surface area (Å²) in [5, 5.41) is 11.2. The molecule has 0 saturated carbocycles. The van der Waals surface area contributed by atoms with Crippen LogP contribution >= 0.6 is 11.8 Å². The predicted molar refractivity (Wildman–Crippen MR) is 94.6 cm³/mol. The number of nitrogens with one attached hydrogen (secondary N) is 1. The maximum Gasteiger partial charge on any atom is 0.234 e. The minimum Gasteiger partial charge on any atom is -0.323 e. The van der Waals surface area contributed by atoms with Crippen LogP contribution in [0.25, 0.3) is 11.5 Å². The Morgan fingerprint density at radius 2 is 2.08 bits per heavy atom. The van der Waals surface area contributed by atoms with Gasteiger partial charge in [0.05, 0.1) is 11.4 Å². The molecule has 9 heteroatoms. The molecule has 1 N–H and O–H groups in total. The van der Waals surface area contributed by atoms with Crippen molar-refractivity contribution < 1.29 is 13.6 Å². The molecule has 6 nitrogen and oxygen atoms in total. The molecule has 0 aliphatic rings. The summed E-state index contributed by atoms with van der Waals surface area (Å²) in [6.07, 6.45) is 1.67. The number of rotatable bonds is 6. The number of hydrogen-bond donors (Lipinski definition) is 1. The van der Waals surface area contributed by atoms with Crippen molar-refractivity contribution >= 4 is 23.4 Å². The van der Waals surface area contributed by atoms with Crippen molar-refractivity contribution in [2.24, 2.45) is 0 Å². The van der Waals surface area contributed by atoms with E-state index in [2.05, 4.69) is 20.5 Å². The third-order valence-electron chi connectivity index (χ3n) is 3.46. The van der Waals surface area contributed by atoms with Gasteiger partial charge in [0.15, 0.2) is 11.0 Å². The molecule has 3 rings (SSSR count). The molecule has 0 aliphatic carbocycles. The Hall–Kier alpha value is -2.81. The largest absolute Gasteiger partial charge is 0.323 e. The Bertz CT molecular complexity index is 917. The van der Waals surface area contributed by atoms with Crippen molar-refractivity contribution in [2.75, 3.05) is 11.1 Å². The number of anilines is 1. The van der Waals surface area contributed by atoms with Crippen molar-refractivity contribution in [3.05, 3.63) is 54.2 Å². The van der Waals surface area contributed by atoms with Gasteiger partial charge in [0.2, 0.25) is 5.91 Å². The average molecular weight is 375 g/mol. The summed E-state index contributed by atoms with van der Waals surface area (Å²) in [5.74, 6) is -1.33. The van der Waals surface area contributed by atoms with Crippen molar-refractivity contribution in [2.45, 2.75) is 18.6 Å². The third kappa shape index (κ3) is 4.05.